The van der Waals surface area contributed by atoms with Crippen molar-refractivity contribution in [3.05, 3.63) is 15.9 Å². The average molecular weight is 233 g/mol. The van der Waals surface area contributed by atoms with Gasteiger partial charge in [0.25, 0.3) is 0 Å². The van der Waals surface area contributed by atoms with Gasteiger partial charge in [-0.3, -0.25) is 4.68 Å². The fraction of sp³-hybridized carbons (Fsp3) is 0.625. The molecule has 1 aromatic heterocycles. The van der Waals surface area contributed by atoms with Crippen LogP contribution in [-0.4, -0.2) is 14.9 Å². The van der Waals surface area contributed by atoms with Crippen LogP contribution in [0.1, 0.15) is 24.7 Å². The number of nitrogens with zero attached hydrogens (tertiary/aromatic N) is 2. The minimum Gasteiger partial charge on any atom is -0.390 e. The minimum atomic E-state index is -0.00185. The van der Waals surface area contributed by atoms with E-state index >= 15 is 0 Å². The van der Waals surface area contributed by atoms with E-state index in [2.05, 4.69) is 28.0 Å². The lowest BCUT2D eigenvalue weighted by atomic mass is 10.4. The van der Waals surface area contributed by atoms with E-state index in [1.54, 1.807) is 0 Å². The van der Waals surface area contributed by atoms with Crippen LogP contribution in [0.5, 0.6) is 0 Å². The molecule has 0 unspecified atom stereocenters. The summed E-state index contributed by atoms with van der Waals surface area (Å²) in [5.41, 5.74) is 1.81. The largest absolute Gasteiger partial charge is 0.390 e. The van der Waals surface area contributed by atoms with Gasteiger partial charge in [-0.2, -0.15) is 5.10 Å². The summed E-state index contributed by atoms with van der Waals surface area (Å²) in [6.07, 6.45) is 1.06. The van der Waals surface area contributed by atoms with Gasteiger partial charge >= 0.3 is 0 Å². The minimum absolute atomic E-state index is 0.00185. The van der Waals surface area contributed by atoms with Gasteiger partial charge in [0, 0.05) is 12.2 Å². The zero-order chi connectivity index (χ0) is 9.14. The lowest BCUT2D eigenvalue weighted by molar-refractivity contribution is 0.274. The van der Waals surface area contributed by atoms with Gasteiger partial charge in [-0.1, -0.05) is 6.92 Å². The summed E-state index contributed by atoms with van der Waals surface area (Å²) in [7, 11) is 0. The summed E-state index contributed by atoms with van der Waals surface area (Å²) in [4.78, 5) is 0. The molecule has 0 radical (unpaired) electrons. The molecule has 0 fully saturated rings. The lowest BCUT2D eigenvalue weighted by Crippen LogP contribution is -2.01. The molecule has 68 valence electrons. The molecule has 0 aliphatic carbocycles. The van der Waals surface area contributed by atoms with Gasteiger partial charge in [-0.25, -0.2) is 0 Å². The molecule has 0 saturated heterocycles. The zero-order valence-corrected chi connectivity index (χ0v) is 8.93. The van der Waals surface area contributed by atoms with Crippen molar-refractivity contribution in [3.63, 3.8) is 0 Å². The van der Waals surface area contributed by atoms with Crippen LogP contribution in [0, 0.1) is 6.92 Å². The smallest absolute Gasteiger partial charge is 0.102 e. The fourth-order valence-electron chi connectivity index (χ4n) is 1.12. The van der Waals surface area contributed by atoms with Crippen molar-refractivity contribution in [2.45, 2.75) is 33.4 Å². The van der Waals surface area contributed by atoms with Crippen molar-refractivity contribution in [2.24, 2.45) is 0 Å². The number of hydrogen-bond acceptors (Lipinski definition) is 2. The Kier molecular flexibility index (Phi) is 3.29. The Labute approximate surface area is 80.5 Å². The first-order valence-electron chi connectivity index (χ1n) is 4.03. The molecule has 4 heteroatoms. The maximum absolute atomic E-state index is 8.92. The fourth-order valence-corrected chi connectivity index (χ4v) is 1.53. The van der Waals surface area contributed by atoms with Crippen molar-refractivity contribution >= 4 is 15.9 Å². The highest BCUT2D eigenvalue weighted by Gasteiger charge is 2.09. The van der Waals surface area contributed by atoms with Gasteiger partial charge in [0.05, 0.1) is 11.1 Å². The summed E-state index contributed by atoms with van der Waals surface area (Å²) in [5, 5.41) is 13.2. The zero-order valence-electron chi connectivity index (χ0n) is 7.34. The SMILES string of the molecule is CCCn1nc(CO)c(Br)c1C. The van der Waals surface area contributed by atoms with Gasteiger partial charge in [0.15, 0.2) is 0 Å². The maximum Gasteiger partial charge on any atom is 0.102 e. The molecule has 0 spiro atoms. The molecule has 0 amide bonds. The van der Waals surface area contributed by atoms with Gasteiger partial charge in [0.2, 0.25) is 0 Å². The Hall–Kier alpha value is -0.350. The van der Waals surface area contributed by atoms with E-state index in [-0.39, 0.29) is 6.61 Å². The van der Waals surface area contributed by atoms with Crippen LogP contribution in [0.4, 0.5) is 0 Å². The molecule has 1 rings (SSSR count). The summed E-state index contributed by atoms with van der Waals surface area (Å²) < 4.78 is 2.84. The lowest BCUT2D eigenvalue weighted by Gasteiger charge is -1.99. The predicted molar refractivity (Wildman–Crippen MR) is 50.9 cm³/mol. The van der Waals surface area contributed by atoms with E-state index in [4.69, 9.17) is 5.11 Å². The van der Waals surface area contributed by atoms with E-state index in [9.17, 15) is 0 Å². The quantitative estimate of drug-likeness (QED) is 0.865. The van der Waals surface area contributed by atoms with Crippen LogP contribution in [0.2, 0.25) is 0 Å². The monoisotopic (exact) mass is 232 g/mol. The molecule has 1 N–H and O–H groups in total. The molecule has 0 aromatic carbocycles. The number of rotatable bonds is 3. The molecule has 0 bridgehead atoms. The highest BCUT2D eigenvalue weighted by atomic mass is 79.9. The van der Waals surface area contributed by atoms with Crippen LogP contribution in [-0.2, 0) is 13.2 Å². The Bertz CT molecular complexity index is 270. The second kappa shape index (κ2) is 4.05. The van der Waals surface area contributed by atoms with Crippen LogP contribution in [0.25, 0.3) is 0 Å². The Morgan fingerprint density at radius 2 is 2.25 bits per heavy atom. The first-order chi connectivity index (χ1) is 5.70. The van der Waals surface area contributed by atoms with Crippen LogP contribution < -0.4 is 0 Å². The van der Waals surface area contributed by atoms with Crippen molar-refractivity contribution in [3.8, 4) is 0 Å². The van der Waals surface area contributed by atoms with Crippen molar-refractivity contribution in [1.82, 2.24) is 9.78 Å². The van der Waals surface area contributed by atoms with Crippen LogP contribution in [0.3, 0.4) is 0 Å². The predicted octanol–water partition coefficient (Wildman–Crippen LogP) is 1.86. The molecule has 0 aliphatic heterocycles. The van der Waals surface area contributed by atoms with Gasteiger partial charge in [0.1, 0.15) is 5.69 Å². The van der Waals surface area contributed by atoms with Crippen molar-refractivity contribution in [2.75, 3.05) is 0 Å². The van der Waals surface area contributed by atoms with Crippen molar-refractivity contribution in [1.29, 1.82) is 0 Å². The third kappa shape index (κ3) is 1.69. The average Bonchev–Trinajstić information content (AvgIpc) is 2.33. The summed E-state index contributed by atoms with van der Waals surface area (Å²) in [6, 6.07) is 0. The third-order valence-electron chi connectivity index (χ3n) is 1.78. The number of aryl methyl sites for hydroxylation is 1. The Morgan fingerprint density at radius 3 is 2.67 bits per heavy atom. The highest BCUT2D eigenvalue weighted by Crippen LogP contribution is 2.20. The Balaban J connectivity index is 2.98. The summed E-state index contributed by atoms with van der Waals surface area (Å²) >= 11 is 3.39. The molecule has 1 heterocycles. The maximum atomic E-state index is 8.92. The van der Waals surface area contributed by atoms with E-state index in [0.29, 0.717) is 0 Å². The standard InChI is InChI=1S/C8H13BrN2O/c1-3-4-11-6(2)8(9)7(5-12)10-11/h12H,3-5H2,1-2H3. The van der Waals surface area contributed by atoms with Crippen molar-refractivity contribution < 1.29 is 5.11 Å². The van der Waals surface area contributed by atoms with Crippen LogP contribution >= 0.6 is 15.9 Å². The molecular formula is C8H13BrN2O. The number of halogens is 1. The molecule has 0 aliphatic rings. The number of hydrogen-bond donors (Lipinski definition) is 1. The second-order valence-corrected chi connectivity index (χ2v) is 3.52. The second-order valence-electron chi connectivity index (χ2n) is 2.73. The first kappa shape index (κ1) is 9.74. The van der Waals surface area contributed by atoms with E-state index in [1.165, 1.54) is 0 Å². The first-order valence-corrected chi connectivity index (χ1v) is 4.82. The van der Waals surface area contributed by atoms with E-state index in [1.807, 2.05) is 11.6 Å². The number of aliphatic hydroxyl groups is 1. The molecular weight excluding hydrogens is 220 g/mol. The summed E-state index contributed by atoms with van der Waals surface area (Å²) in [6.45, 7) is 5.00. The van der Waals surface area contributed by atoms with E-state index < -0.39 is 0 Å². The molecule has 12 heavy (non-hydrogen) atoms. The van der Waals surface area contributed by atoms with E-state index in [0.717, 1.165) is 28.8 Å². The number of aliphatic hydroxyl groups excluding tert-OH is 1. The van der Waals surface area contributed by atoms with Gasteiger partial charge in [-0.05, 0) is 29.3 Å². The molecule has 3 nitrogen and oxygen atoms in total. The van der Waals surface area contributed by atoms with Gasteiger partial charge in [-0.15, -0.1) is 0 Å². The Morgan fingerprint density at radius 1 is 1.58 bits per heavy atom. The normalized spacial score (nSPS) is 10.7. The highest BCUT2D eigenvalue weighted by molar-refractivity contribution is 9.10. The van der Waals surface area contributed by atoms with Crippen LogP contribution in [0.15, 0.2) is 4.47 Å². The van der Waals surface area contributed by atoms with Gasteiger partial charge < -0.3 is 5.11 Å². The number of aromatic nitrogens is 2. The molecule has 1 aromatic rings. The summed E-state index contributed by atoms with van der Waals surface area (Å²) in [5.74, 6) is 0. The molecule has 0 saturated carbocycles. The topological polar surface area (TPSA) is 38.0 Å². The third-order valence-corrected chi connectivity index (χ3v) is 2.82. The molecule has 0 atom stereocenters.